The molecule has 8 heteroatoms. The fourth-order valence-corrected chi connectivity index (χ4v) is 4.35. The number of hydrogen-bond donors (Lipinski definition) is 6. The minimum absolute atomic E-state index is 0.0884. The normalized spacial score (nSPS) is 29.2. The van der Waals surface area contributed by atoms with Crippen LogP contribution in [0.1, 0.15) is 33.2 Å². The Bertz CT molecular complexity index is 976. The number of fused-ring (bicyclic) bond motifs is 1. The van der Waals surface area contributed by atoms with Crippen molar-refractivity contribution in [2.45, 2.75) is 50.0 Å². The van der Waals surface area contributed by atoms with E-state index in [0.717, 1.165) is 28.7 Å². The minimum atomic E-state index is -1.55. The number of benzene rings is 2. The molecule has 2 aromatic carbocycles. The third-order valence-corrected chi connectivity index (χ3v) is 6.20. The van der Waals surface area contributed by atoms with Gasteiger partial charge in [0, 0.05) is 12.1 Å². The van der Waals surface area contributed by atoms with Gasteiger partial charge in [0.25, 0.3) is 5.91 Å². The lowest BCUT2D eigenvalue weighted by Gasteiger charge is -2.42. The zero-order chi connectivity index (χ0) is 22.3. The molecule has 166 valence electrons. The lowest BCUT2D eigenvalue weighted by molar-refractivity contribution is -0.250. The minimum Gasteiger partial charge on any atom is -0.394 e. The summed E-state index contributed by atoms with van der Waals surface area (Å²) in [5.74, 6) is -0.0884. The van der Waals surface area contributed by atoms with Crippen LogP contribution in [0.4, 0.5) is 0 Å². The molecule has 0 spiro atoms. The highest BCUT2D eigenvalue weighted by molar-refractivity contribution is 5.98. The van der Waals surface area contributed by atoms with Crippen LogP contribution in [-0.2, 0) is 11.2 Å². The molecule has 1 amide bonds. The van der Waals surface area contributed by atoms with E-state index in [1.54, 1.807) is 19.1 Å². The molecule has 31 heavy (non-hydrogen) atoms. The summed E-state index contributed by atoms with van der Waals surface area (Å²) in [6.07, 6.45) is -7.34. The maximum Gasteiger partial charge on any atom is 0.251 e. The van der Waals surface area contributed by atoms with Crippen LogP contribution < -0.4 is 5.32 Å². The second-order valence-corrected chi connectivity index (χ2v) is 8.19. The molecule has 2 aliphatic rings. The molecule has 2 aromatic rings. The number of carbonyl (C=O) groups excluding carboxylic acids is 1. The zero-order valence-corrected chi connectivity index (χ0v) is 17.1. The number of aliphatic hydroxyl groups is 5. The largest absolute Gasteiger partial charge is 0.394 e. The molecule has 1 fully saturated rings. The summed E-state index contributed by atoms with van der Waals surface area (Å²) in [7, 11) is 0. The van der Waals surface area contributed by atoms with Crippen molar-refractivity contribution in [3.63, 3.8) is 0 Å². The lowest BCUT2D eigenvalue weighted by Crippen LogP contribution is -2.59. The summed E-state index contributed by atoms with van der Waals surface area (Å²) >= 11 is 0. The highest BCUT2D eigenvalue weighted by Gasteiger charge is 2.46. The highest BCUT2D eigenvalue weighted by atomic mass is 16.6. The van der Waals surface area contributed by atoms with Gasteiger partial charge in [0.15, 0.2) is 0 Å². The van der Waals surface area contributed by atoms with Crippen LogP contribution >= 0.6 is 0 Å². The predicted octanol–water partition coefficient (Wildman–Crippen LogP) is -0.176. The van der Waals surface area contributed by atoms with E-state index in [0.29, 0.717) is 17.7 Å². The van der Waals surface area contributed by atoms with E-state index in [-0.39, 0.29) is 5.91 Å². The van der Waals surface area contributed by atoms with Gasteiger partial charge in [0.05, 0.1) is 6.61 Å². The maximum absolute atomic E-state index is 12.1. The Balaban J connectivity index is 1.60. The summed E-state index contributed by atoms with van der Waals surface area (Å²) < 4.78 is 5.49. The van der Waals surface area contributed by atoms with Crippen molar-refractivity contribution in [3.05, 3.63) is 58.7 Å². The second-order valence-electron chi connectivity index (χ2n) is 8.19. The number of nitrogens with one attached hydrogen (secondary N) is 1. The standard InChI is InChI=1S/C23H27NO7/c1-11-8-13(14-3-2-12-6-7-24-23(30)16(12)9-14)4-5-15(11)18(26)22-21(29)20(28)19(27)17(10-25)31-22/h2-5,8-9,17-22,25-29H,6-7,10H2,1H3,(H,24,30)/t17-,18-,19-,20?,21?,22-/m1/s1. The van der Waals surface area contributed by atoms with E-state index in [1.165, 1.54) is 0 Å². The Morgan fingerprint density at radius 2 is 1.77 bits per heavy atom. The summed E-state index contributed by atoms with van der Waals surface area (Å²) in [5.41, 5.74) is 4.62. The molecule has 0 bridgehead atoms. The number of amides is 1. The van der Waals surface area contributed by atoms with E-state index in [4.69, 9.17) is 4.74 Å². The Labute approximate surface area is 179 Å². The molecule has 0 aromatic heterocycles. The van der Waals surface area contributed by atoms with Gasteiger partial charge in [0.2, 0.25) is 0 Å². The van der Waals surface area contributed by atoms with E-state index >= 15 is 0 Å². The SMILES string of the molecule is Cc1cc(-c2ccc3c(c2)C(=O)NCC3)ccc1[C@@H](O)[C@H]1O[C@H](CO)[C@@H](O)C(O)C1O. The molecule has 0 saturated carbocycles. The summed E-state index contributed by atoms with van der Waals surface area (Å²) in [6, 6.07) is 11.1. The molecule has 2 aliphatic heterocycles. The molecule has 0 radical (unpaired) electrons. The van der Waals surface area contributed by atoms with E-state index in [1.807, 2.05) is 24.3 Å². The van der Waals surface area contributed by atoms with Crippen LogP contribution in [0.3, 0.4) is 0 Å². The first-order valence-corrected chi connectivity index (χ1v) is 10.3. The maximum atomic E-state index is 12.1. The van der Waals surface area contributed by atoms with Crippen LogP contribution in [0.2, 0.25) is 0 Å². The molecule has 6 atom stereocenters. The number of aryl methyl sites for hydroxylation is 1. The molecular formula is C23H27NO7. The number of ether oxygens (including phenoxy) is 1. The monoisotopic (exact) mass is 429 g/mol. The third kappa shape index (κ3) is 3.98. The molecule has 4 rings (SSSR count). The topological polar surface area (TPSA) is 139 Å². The van der Waals surface area contributed by atoms with Crippen molar-refractivity contribution in [1.29, 1.82) is 0 Å². The van der Waals surface area contributed by atoms with Gasteiger partial charge in [-0.1, -0.05) is 30.3 Å². The Kier molecular flexibility index (Phi) is 6.11. The first kappa shape index (κ1) is 21.9. The van der Waals surface area contributed by atoms with Crippen molar-refractivity contribution in [2.24, 2.45) is 0 Å². The van der Waals surface area contributed by atoms with Gasteiger partial charge in [-0.25, -0.2) is 0 Å². The van der Waals surface area contributed by atoms with Crippen molar-refractivity contribution >= 4 is 5.91 Å². The van der Waals surface area contributed by atoms with Gasteiger partial charge in [0.1, 0.15) is 36.6 Å². The average molecular weight is 429 g/mol. The van der Waals surface area contributed by atoms with Crippen LogP contribution in [0, 0.1) is 6.92 Å². The highest BCUT2D eigenvalue weighted by Crippen LogP contribution is 2.33. The third-order valence-electron chi connectivity index (χ3n) is 6.20. The lowest BCUT2D eigenvalue weighted by atomic mass is 9.87. The molecular weight excluding hydrogens is 402 g/mol. The van der Waals surface area contributed by atoms with Crippen molar-refractivity contribution in [3.8, 4) is 11.1 Å². The first-order chi connectivity index (χ1) is 14.8. The summed E-state index contributed by atoms with van der Waals surface area (Å²) in [6.45, 7) is 1.88. The number of hydrogen-bond acceptors (Lipinski definition) is 7. The summed E-state index contributed by atoms with van der Waals surface area (Å²) in [4.78, 5) is 12.1. The van der Waals surface area contributed by atoms with Gasteiger partial charge >= 0.3 is 0 Å². The van der Waals surface area contributed by atoms with Gasteiger partial charge < -0.3 is 35.6 Å². The van der Waals surface area contributed by atoms with E-state index in [9.17, 15) is 30.3 Å². The Morgan fingerprint density at radius 3 is 2.48 bits per heavy atom. The Morgan fingerprint density at radius 1 is 1.06 bits per heavy atom. The molecule has 6 N–H and O–H groups in total. The average Bonchev–Trinajstić information content (AvgIpc) is 2.77. The Hall–Kier alpha value is -2.33. The predicted molar refractivity (Wildman–Crippen MR) is 111 cm³/mol. The van der Waals surface area contributed by atoms with Crippen LogP contribution in [0.15, 0.2) is 36.4 Å². The second kappa shape index (κ2) is 8.66. The van der Waals surface area contributed by atoms with Crippen LogP contribution in [0.5, 0.6) is 0 Å². The van der Waals surface area contributed by atoms with Crippen molar-refractivity contribution in [1.82, 2.24) is 5.32 Å². The van der Waals surface area contributed by atoms with Crippen molar-refractivity contribution in [2.75, 3.05) is 13.2 Å². The molecule has 0 aliphatic carbocycles. The van der Waals surface area contributed by atoms with Gasteiger partial charge in [-0.05, 0) is 47.2 Å². The van der Waals surface area contributed by atoms with Gasteiger partial charge in [-0.3, -0.25) is 4.79 Å². The van der Waals surface area contributed by atoms with Crippen LogP contribution in [0.25, 0.3) is 11.1 Å². The number of carbonyl (C=O) groups is 1. The van der Waals surface area contributed by atoms with Gasteiger partial charge in [-0.2, -0.15) is 0 Å². The first-order valence-electron chi connectivity index (χ1n) is 10.3. The number of rotatable bonds is 4. The van der Waals surface area contributed by atoms with Gasteiger partial charge in [-0.15, -0.1) is 0 Å². The quantitative estimate of drug-likeness (QED) is 0.396. The van der Waals surface area contributed by atoms with Crippen molar-refractivity contribution < 1.29 is 35.1 Å². The van der Waals surface area contributed by atoms with E-state index in [2.05, 4.69) is 5.32 Å². The fraction of sp³-hybridized carbons (Fsp3) is 0.435. The van der Waals surface area contributed by atoms with Crippen LogP contribution in [-0.4, -0.2) is 75.1 Å². The zero-order valence-electron chi connectivity index (χ0n) is 17.1. The number of aliphatic hydroxyl groups excluding tert-OH is 5. The molecule has 1 saturated heterocycles. The fourth-order valence-electron chi connectivity index (χ4n) is 4.35. The molecule has 2 unspecified atom stereocenters. The molecule has 8 nitrogen and oxygen atoms in total. The van der Waals surface area contributed by atoms with E-state index < -0.39 is 43.2 Å². The molecule has 2 heterocycles. The smallest absolute Gasteiger partial charge is 0.251 e. The summed E-state index contributed by atoms with van der Waals surface area (Å²) in [5, 5.41) is 53.3.